The van der Waals surface area contributed by atoms with E-state index in [-0.39, 0.29) is 0 Å². The maximum absolute atomic E-state index is 10.6. The van der Waals surface area contributed by atoms with Crippen molar-refractivity contribution >= 4 is 6.09 Å². The van der Waals surface area contributed by atoms with Crippen LogP contribution >= 0.6 is 0 Å². The van der Waals surface area contributed by atoms with Gasteiger partial charge in [0.2, 0.25) is 6.29 Å². The molecule has 0 bridgehead atoms. The van der Waals surface area contributed by atoms with E-state index in [1.54, 1.807) is 6.92 Å². The van der Waals surface area contributed by atoms with Crippen LogP contribution in [0.15, 0.2) is 0 Å². The fourth-order valence-corrected chi connectivity index (χ4v) is 0.385. The molecule has 1 atom stereocenters. The minimum Gasteiger partial charge on any atom is -0.420 e. The van der Waals surface area contributed by atoms with Crippen molar-refractivity contribution in [3.05, 3.63) is 0 Å². The van der Waals surface area contributed by atoms with Crippen molar-refractivity contribution in [2.45, 2.75) is 20.1 Å². The normalized spacial score (nSPS) is 12.3. The topological polar surface area (TPSA) is 47.6 Å². The van der Waals surface area contributed by atoms with Crippen molar-refractivity contribution in [2.75, 3.05) is 13.7 Å². The van der Waals surface area contributed by atoms with Crippen molar-refractivity contribution < 1.29 is 14.3 Å². The molecule has 0 aromatic carbocycles. The largest absolute Gasteiger partial charge is 0.420 e. The van der Waals surface area contributed by atoms with Gasteiger partial charge in [0, 0.05) is 13.7 Å². The highest BCUT2D eigenvalue weighted by Gasteiger charge is 2.04. The molecule has 0 radical (unpaired) electrons. The van der Waals surface area contributed by atoms with Crippen LogP contribution in [0.25, 0.3) is 0 Å². The first-order chi connectivity index (χ1) is 4.70. The molecule has 0 aromatic heterocycles. The average molecular weight is 147 g/mol. The Kier molecular flexibility index (Phi) is 4.66. The van der Waals surface area contributed by atoms with Gasteiger partial charge in [0.15, 0.2) is 0 Å². The van der Waals surface area contributed by atoms with Gasteiger partial charge in [-0.15, -0.1) is 0 Å². The number of hydrogen-bond acceptors (Lipinski definition) is 3. The molecule has 1 amide bonds. The minimum atomic E-state index is -0.480. The van der Waals surface area contributed by atoms with Crippen LogP contribution in [0.5, 0.6) is 0 Å². The maximum atomic E-state index is 10.6. The molecule has 1 unspecified atom stereocenters. The summed E-state index contributed by atoms with van der Waals surface area (Å²) in [5, 5.41) is 2.47. The zero-order valence-electron chi connectivity index (χ0n) is 6.51. The smallest absolute Gasteiger partial charge is 0.409 e. The summed E-state index contributed by atoms with van der Waals surface area (Å²) in [7, 11) is 1.48. The lowest BCUT2D eigenvalue weighted by Crippen LogP contribution is -2.28. The maximum Gasteiger partial charge on any atom is 0.409 e. The summed E-state index contributed by atoms with van der Waals surface area (Å²) in [6, 6.07) is 0. The molecule has 0 heterocycles. The van der Waals surface area contributed by atoms with Crippen LogP contribution < -0.4 is 5.32 Å². The second kappa shape index (κ2) is 5.05. The second-order valence-corrected chi connectivity index (χ2v) is 1.74. The van der Waals surface area contributed by atoms with Gasteiger partial charge >= 0.3 is 6.09 Å². The highest BCUT2D eigenvalue weighted by atomic mass is 16.7. The number of nitrogens with one attached hydrogen (secondary N) is 1. The third kappa shape index (κ3) is 4.14. The summed E-state index contributed by atoms with van der Waals surface area (Å²) in [4.78, 5) is 10.6. The van der Waals surface area contributed by atoms with Crippen molar-refractivity contribution in [1.29, 1.82) is 0 Å². The van der Waals surface area contributed by atoms with Gasteiger partial charge in [0.1, 0.15) is 0 Å². The van der Waals surface area contributed by atoms with E-state index >= 15 is 0 Å². The minimum absolute atomic E-state index is 0.447. The van der Waals surface area contributed by atoms with Gasteiger partial charge in [-0.3, -0.25) is 0 Å². The summed E-state index contributed by atoms with van der Waals surface area (Å²) in [6.45, 7) is 4.03. The fraction of sp³-hybridized carbons (Fsp3) is 0.833. The molecule has 0 saturated heterocycles. The molecule has 60 valence electrons. The van der Waals surface area contributed by atoms with Crippen molar-refractivity contribution in [2.24, 2.45) is 0 Å². The fourth-order valence-electron chi connectivity index (χ4n) is 0.385. The zero-order valence-corrected chi connectivity index (χ0v) is 6.51. The molecule has 0 spiro atoms. The number of hydrogen-bond donors (Lipinski definition) is 1. The Balaban J connectivity index is 3.37. The van der Waals surface area contributed by atoms with Gasteiger partial charge in [-0.1, -0.05) is 0 Å². The summed E-state index contributed by atoms with van der Waals surface area (Å²) in [5.74, 6) is 0. The van der Waals surface area contributed by atoms with E-state index in [9.17, 15) is 4.79 Å². The Morgan fingerprint density at radius 2 is 2.30 bits per heavy atom. The molecule has 0 rings (SSSR count). The summed E-state index contributed by atoms with van der Waals surface area (Å²) < 4.78 is 9.35. The SMILES string of the molecule is CCNC(=O)OC(C)OC. The third-order valence-corrected chi connectivity index (χ3v) is 0.926. The summed E-state index contributed by atoms with van der Waals surface area (Å²) in [5.41, 5.74) is 0. The predicted molar refractivity (Wildman–Crippen MR) is 36.6 cm³/mol. The second-order valence-electron chi connectivity index (χ2n) is 1.74. The van der Waals surface area contributed by atoms with Crippen LogP contribution in [0.3, 0.4) is 0 Å². The van der Waals surface area contributed by atoms with E-state index < -0.39 is 12.4 Å². The first-order valence-electron chi connectivity index (χ1n) is 3.18. The van der Waals surface area contributed by atoms with Crippen molar-refractivity contribution in [3.63, 3.8) is 0 Å². The number of alkyl carbamates (subject to hydrolysis) is 1. The van der Waals surface area contributed by atoms with E-state index in [2.05, 4.69) is 14.8 Å². The molecule has 0 saturated carbocycles. The van der Waals surface area contributed by atoms with Gasteiger partial charge in [0.05, 0.1) is 0 Å². The highest BCUT2D eigenvalue weighted by molar-refractivity contribution is 5.67. The number of methoxy groups -OCH3 is 1. The molecule has 0 aromatic rings. The van der Waals surface area contributed by atoms with E-state index in [1.165, 1.54) is 7.11 Å². The number of amides is 1. The lowest BCUT2D eigenvalue weighted by molar-refractivity contribution is -0.0672. The standard InChI is InChI=1S/C6H13NO3/c1-4-7-6(8)10-5(2)9-3/h5H,4H2,1-3H3,(H,7,8). The van der Waals surface area contributed by atoms with E-state index in [1.807, 2.05) is 6.92 Å². The third-order valence-electron chi connectivity index (χ3n) is 0.926. The number of rotatable bonds is 3. The average Bonchev–Trinajstić information content (AvgIpc) is 1.88. The van der Waals surface area contributed by atoms with Gasteiger partial charge in [-0.2, -0.15) is 0 Å². The van der Waals surface area contributed by atoms with E-state index in [0.717, 1.165) is 0 Å². The Hall–Kier alpha value is -0.770. The lowest BCUT2D eigenvalue weighted by atomic mass is 10.7. The first kappa shape index (κ1) is 9.23. The molecule has 1 N–H and O–H groups in total. The number of carbonyl (C=O) groups excluding carboxylic acids is 1. The zero-order chi connectivity index (χ0) is 7.98. The molecular weight excluding hydrogens is 134 g/mol. The highest BCUT2D eigenvalue weighted by Crippen LogP contribution is 1.89. The van der Waals surface area contributed by atoms with Gasteiger partial charge < -0.3 is 14.8 Å². The Morgan fingerprint density at radius 3 is 2.70 bits per heavy atom. The van der Waals surface area contributed by atoms with E-state index in [4.69, 9.17) is 0 Å². The number of carbonyl (C=O) groups is 1. The van der Waals surface area contributed by atoms with Gasteiger partial charge in [-0.25, -0.2) is 4.79 Å². The summed E-state index contributed by atoms with van der Waals surface area (Å²) in [6.07, 6.45) is -0.927. The van der Waals surface area contributed by atoms with Crippen molar-refractivity contribution in [3.8, 4) is 0 Å². The monoisotopic (exact) mass is 147 g/mol. The van der Waals surface area contributed by atoms with Gasteiger partial charge in [0.25, 0.3) is 0 Å². The van der Waals surface area contributed by atoms with Crippen LogP contribution in [0.2, 0.25) is 0 Å². The molecule has 0 aliphatic carbocycles. The van der Waals surface area contributed by atoms with Crippen LogP contribution in [-0.2, 0) is 9.47 Å². The van der Waals surface area contributed by atoms with E-state index in [0.29, 0.717) is 6.54 Å². The summed E-state index contributed by atoms with van der Waals surface area (Å²) >= 11 is 0. The van der Waals surface area contributed by atoms with Crippen LogP contribution in [0.4, 0.5) is 4.79 Å². The van der Waals surface area contributed by atoms with Crippen LogP contribution in [0.1, 0.15) is 13.8 Å². The molecular formula is C6H13NO3. The van der Waals surface area contributed by atoms with Crippen LogP contribution in [0, 0.1) is 0 Å². The quantitative estimate of drug-likeness (QED) is 0.598. The molecule has 4 nitrogen and oxygen atoms in total. The van der Waals surface area contributed by atoms with Crippen LogP contribution in [-0.4, -0.2) is 26.0 Å². The number of ether oxygens (including phenoxy) is 2. The molecule has 0 aliphatic heterocycles. The Bertz CT molecular complexity index is 105. The predicted octanol–water partition coefficient (Wildman–Crippen LogP) is 0.725. The molecule has 0 fully saturated rings. The van der Waals surface area contributed by atoms with Crippen molar-refractivity contribution in [1.82, 2.24) is 5.32 Å². The lowest BCUT2D eigenvalue weighted by Gasteiger charge is -2.10. The molecule has 0 aliphatic rings. The molecule has 10 heavy (non-hydrogen) atoms. The Labute approximate surface area is 60.5 Å². The van der Waals surface area contributed by atoms with Gasteiger partial charge in [-0.05, 0) is 13.8 Å². The first-order valence-corrected chi connectivity index (χ1v) is 3.18. The molecule has 4 heteroatoms. The Morgan fingerprint density at radius 1 is 1.70 bits per heavy atom.